The topological polar surface area (TPSA) is 66.8 Å². The number of carbonyl (C=O) groups is 1. The molecule has 0 rings (SSSR count). The van der Waals surface area contributed by atoms with Gasteiger partial charge in [-0.15, -0.1) is 0 Å². The first-order chi connectivity index (χ1) is 12.2. The molecule has 1 atom stereocenters. The molecule has 25 heavy (non-hydrogen) atoms. The number of aliphatic hydroxyl groups is 2. The van der Waals surface area contributed by atoms with Crippen LogP contribution in [0.25, 0.3) is 0 Å². The predicted molar refractivity (Wildman–Crippen MR) is 103 cm³/mol. The smallest absolute Gasteiger partial charge is 0.305 e. The number of ether oxygens (including phenoxy) is 1. The zero-order chi connectivity index (χ0) is 18.6. The van der Waals surface area contributed by atoms with E-state index in [9.17, 15) is 4.79 Å². The third kappa shape index (κ3) is 19.0. The highest BCUT2D eigenvalue weighted by molar-refractivity contribution is 5.69. The maximum absolute atomic E-state index is 11.4. The van der Waals surface area contributed by atoms with Crippen LogP contribution >= 0.6 is 0 Å². The Balaban J connectivity index is 3.30. The van der Waals surface area contributed by atoms with Gasteiger partial charge in [-0.2, -0.15) is 0 Å². The van der Waals surface area contributed by atoms with Crippen LogP contribution in [0.1, 0.15) is 84.0 Å². The minimum Gasteiger partial charge on any atom is -0.463 e. The van der Waals surface area contributed by atoms with Crippen LogP contribution < -0.4 is 0 Å². The van der Waals surface area contributed by atoms with E-state index in [1.54, 1.807) is 0 Å². The molecular weight excluding hydrogens is 316 g/mol. The van der Waals surface area contributed by atoms with Crippen LogP contribution in [-0.4, -0.2) is 35.5 Å². The Hall–Kier alpha value is -1.13. The Morgan fingerprint density at radius 3 is 2.16 bits per heavy atom. The van der Waals surface area contributed by atoms with Gasteiger partial charge >= 0.3 is 5.97 Å². The number of rotatable bonds is 17. The summed E-state index contributed by atoms with van der Waals surface area (Å²) in [6, 6.07) is 0. The summed E-state index contributed by atoms with van der Waals surface area (Å²) in [5, 5.41) is 17.7. The summed E-state index contributed by atoms with van der Waals surface area (Å²) in [5.41, 5.74) is 0. The predicted octanol–water partition coefficient (Wildman–Crippen LogP) is 4.70. The van der Waals surface area contributed by atoms with Gasteiger partial charge in [0.15, 0.2) is 0 Å². The molecule has 0 aliphatic carbocycles. The Bertz CT molecular complexity index is 350. The first kappa shape index (κ1) is 23.9. The first-order valence-corrected chi connectivity index (χ1v) is 9.95. The Morgan fingerprint density at radius 2 is 1.52 bits per heavy atom. The maximum atomic E-state index is 11.4. The third-order valence-electron chi connectivity index (χ3n) is 3.98. The van der Waals surface area contributed by atoms with Gasteiger partial charge in [0.2, 0.25) is 0 Å². The summed E-state index contributed by atoms with van der Waals surface area (Å²) >= 11 is 0. The SMILES string of the molecule is CCCCC/C=C\C/C=C\CCCCCCCC(=O)OCC(O)CO. The highest BCUT2D eigenvalue weighted by atomic mass is 16.5. The lowest BCUT2D eigenvalue weighted by Crippen LogP contribution is -2.21. The molecule has 0 saturated heterocycles. The van der Waals surface area contributed by atoms with E-state index in [1.807, 2.05) is 0 Å². The molecular formula is C21H38O4. The Labute approximate surface area is 154 Å². The molecule has 1 unspecified atom stereocenters. The molecule has 146 valence electrons. The zero-order valence-electron chi connectivity index (χ0n) is 16.0. The lowest BCUT2D eigenvalue weighted by Gasteiger charge is -2.08. The van der Waals surface area contributed by atoms with Crippen molar-refractivity contribution in [3.8, 4) is 0 Å². The molecule has 0 radical (unpaired) electrons. The fourth-order valence-corrected chi connectivity index (χ4v) is 2.39. The summed E-state index contributed by atoms with van der Waals surface area (Å²) in [6.45, 7) is 1.74. The lowest BCUT2D eigenvalue weighted by molar-refractivity contribution is -0.147. The molecule has 0 aromatic rings. The van der Waals surface area contributed by atoms with Gasteiger partial charge in [0.25, 0.3) is 0 Å². The highest BCUT2D eigenvalue weighted by Crippen LogP contribution is 2.08. The van der Waals surface area contributed by atoms with Crippen LogP contribution in [0, 0.1) is 0 Å². The zero-order valence-corrected chi connectivity index (χ0v) is 16.0. The van der Waals surface area contributed by atoms with Crippen LogP contribution in [0.5, 0.6) is 0 Å². The van der Waals surface area contributed by atoms with E-state index in [2.05, 4.69) is 31.2 Å². The van der Waals surface area contributed by atoms with Crippen molar-refractivity contribution in [3.63, 3.8) is 0 Å². The fourth-order valence-electron chi connectivity index (χ4n) is 2.39. The van der Waals surface area contributed by atoms with E-state index in [-0.39, 0.29) is 19.2 Å². The average Bonchev–Trinajstić information content (AvgIpc) is 2.62. The van der Waals surface area contributed by atoms with Crippen molar-refractivity contribution in [3.05, 3.63) is 24.3 Å². The quantitative estimate of drug-likeness (QED) is 0.226. The highest BCUT2D eigenvalue weighted by Gasteiger charge is 2.07. The van der Waals surface area contributed by atoms with Crippen molar-refractivity contribution in [1.82, 2.24) is 0 Å². The normalized spacial score (nSPS) is 12.9. The number of allylic oxidation sites excluding steroid dienone is 4. The van der Waals surface area contributed by atoms with Gasteiger partial charge in [0, 0.05) is 6.42 Å². The molecule has 0 bridgehead atoms. The molecule has 4 heteroatoms. The molecule has 4 nitrogen and oxygen atoms in total. The number of hydrogen-bond acceptors (Lipinski definition) is 4. The van der Waals surface area contributed by atoms with Gasteiger partial charge in [-0.05, 0) is 38.5 Å². The standard InChI is InChI=1S/C21H38O4/c1-2-3-4-5-6-7-8-9-10-11-12-13-14-15-16-17-21(24)25-19-20(23)18-22/h6-7,9-10,20,22-23H,2-5,8,11-19H2,1H3/b7-6-,10-9-. The molecule has 0 aliphatic rings. The van der Waals surface area contributed by atoms with Crippen molar-refractivity contribution < 1.29 is 19.7 Å². The molecule has 0 fully saturated rings. The molecule has 0 aliphatic heterocycles. The lowest BCUT2D eigenvalue weighted by atomic mass is 10.1. The van der Waals surface area contributed by atoms with E-state index in [0.29, 0.717) is 6.42 Å². The number of hydrogen-bond donors (Lipinski definition) is 2. The number of unbranched alkanes of at least 4 members (excludes halogenated alkanes) is 8. The van der Waals surface area contributed by atoms with Crippen LogP contribution in [0.15, 0.2) is 24.3 Å². The van der Waals surface area contributed by atoms with Gasteiger partial charge in [-0.25, -0.2) is 0 Å². The van der Waals surface area contributed by atoms with Crippen molar-refractivity contribution >= 4 is 5.97 Å². The minimum atomic E-state index is -0.964. The van der Waals surface area contributed by atoms with E-state index in [4.69, 9.17) is 14.9 Å². The number of esters is 1. The van der Waals surface area contributed by atoms with Crippen LogP contribution in [0.2, 0.25) is 0 Å². The van der Waals surface area contributed by atoms with Crippen molar-refractivity contribution in [1.29, 1.82) is 0 Å². The van der Waals surface area contributed by atoms with Crippen LogP contribution in [0.3, 0.4) is 0 Å². The second-order valence-electron chi connectivity index (χ2n) is 6.50. The van der Waals surface area contributed by atoms with Crippen LogP contribution in [-0.2, 0) is 9.53 Å². The van der Waals surface area contributed by atoms with Crippen LogP contribution in [0.4, 0.5) is 0 Å². The van der Waals surface area contributed by atoms with E-state index < -0.39 is 6.10 Å². The second-order valence-corrected chi connectivity index (χ2v) is 6.50. The van der Waals surface area contributed by atoms with E-state index >= 15 is 0 Å². The minimum absolute atomic E-state index is 0.115. The molecule has 2 N–H and O–H groups in total. The summed E-state index contributed by atoms with van der Waals surface area (Å²) in [6.07, 6.45) is 21.1. The summed E-state index contributed by atoms with van der Waals surface area (Å²) in [4.78, 5) is 11.4. The largest absolute Gasteiger partial charge is 0.463 e. The number of aliphatic hydroxyl groups excluding tert-OH is 2. The van der Waals surface area contributed by atoms with Gasteiger partial charge in [-0.3, -0.25) is 4.79 Å². The summed E-state index contributed by atoms with van der Waals surface area (Å²) in [5.74, 6) is -0.293. The Kier molecular flexibility index (Phi) is 18.3. The van der Waals surface area contributed by atoms with Crippen molar-refractivity contribution in [2.45, 2.75) is 90.1 Å². The van der Waals surface area contributed by atoms with Crippen molar-refractivity contribution in [2.24, 2.45) is 0 Å². The fraction of sp³-hybridized carbons (Fsp3) is 0.762. The van der Waals surface area contributed by atoms with Gasteiger partial charge < -0.3 is 14.9 Å². The van der Waals surface area contributed by atoms with Gasteiger partial charge in [0.1, 0.15) is 12.7 Å². The molecule has 0 heterocycles. The molecule has 0 spiro atoms. The monoisotopic (exact) mass is 354 g/mol. The molecule has 0 aromatic carbocycles. The molecule has 0 saturated carbocycles. The van der Waals surface area contributed by atoms with Gasteiger partial charge in [0.05, 0.1) is 6.61 Å². The Morgan fingerprint density at radius 1 is 0.920 bits per heavy atom. The number of carbonyl (C=O) groups excluding carboxylic acids is 1. The summed E-state index contributed by atoms with van der Waals surface area (Å²) < 4.78 is 4.85. The first-order valence-electron chi connectivity index (χ1n) is 9.95. The second kappa shape index (κ2) is 19.2. The maximum Gasteiger partial charge on any atom is 0.305 e. The van der Waals surface area contributed by atoms with E-state index in [1.165, 1.54) is 38.5 Å². The average molecular weight is 355 g/mol. The third-order valence-corrected chi connectivity index (χ3v) is 3.98. The van der Waals surface area contributed by atoms with E-state index in [0.717, 1.165) is 32.1 Å². The van der Waals surface area contributed by atoms with Gasteiger partial charge in [-0.1, -0.05) is 63.3 Å². The molecule has 0 aromatic heterocycles. The van der Waals surface area contributed by atoms with Crippen molar-refractivity contribution in [2.75, 3.05) is 13.2 Å². The molecule has 0 amide bonds. The summed E-state index contributed by atoms with van der Waals surface area (Å²) in [7, 11) is 0.